The van der Waals surface area contributed by atoms with E-state index in [0.717, 1.165) is 5.56 Å². The molecule has 0 spiro atoms. The first-order chi connectivity index (χ1) is 17.7. The number of amides is 1. The fourth-order valence-corrected chi connectivity index (χ4v) is 5.84. The molecule has 0 aromatic heterocycles. The highest BCUT2D eigenvalue weighted by atomic mass is 32.2. The lowest BCUT2D eigenvalue weighted by Gasteiger charge is -2.32. The third kappa shape index (κ3) is 8.43. The number of methoxy groups -OCH3 is 2. The first-order valence-electron chi connectivity index (χ1n) is 12.6. The second kappa shape index (κ2) is 13.8. The van der Waals surface area contributed by atoms with Gasteiger partial charge < -0.3 is 24.4 Å². The number of nitrogens with one attached hydrogen (secondary N) is 2. The minimum atomic E-state index is -3.54. The van der Waals surface area contributed by atoms with Crippen molar-refractivity contribution in [3.8, 4) is 11.5 Å². The number of ether oxygens (including phenoxy) is 3. The van der Waals surface area contributed by atoms with E-state index in [4.69, 9.17) is 14.2 Å². The fraction of sp³-hybridized carbons (Fsp3) is 0.519. The van der Waals surface area contributed by atoms with Gasteiger partial charge in [-0.2, -0.15) is 0 Å². The number of hydrogen-bond acceptors (Lipinski definition) is 7. The van der Waals surface area contributed by atoms with Crippen molar-refractivity contribution in [1.29, 1.82) is 0 Å². The largest absolute Gasteiger partial charge is 0.493 e. The van der Waals surface area contributed by atoms with E-state index in [1.807, 2.05) is 32.0 Å². The van der Waals surface area contributed by atoms with E-state index in [0.29, 0.717) is 56.3 Å². The molecule has 1 saturated heterocycles. The van der Waals surface area contributed by atoms with Crippen LogP contribution in [0.5, 0.6) is 11.5 Å². The average molecular weight is 534 g/mol. The summed E-state index contributed by atoms with van der Waals surface area (Å²) in [5, 5.41) is 3.28. The van der Waals surface area contributed by atoms with Gasteiger partial charge in [-0.15, -0.1) is 0 Å². The van der Waals surface area contributed by atoms with E-state index < -0.39 is 10.0 Å². The van der Waals surface area contributed by atoms with E-state index in [9.17, 15) is 13.2 Å². The van der Waals surface area contributed by atoms with Gasteiger partial charge in [0.25, 0.3) is 5.91 Å². The van der Waals surface area contributed by atoms with Crippen molar-refractivity contribution in [2.24, 2.45) is 5.92 Å². The molecular formula is C27H39N3O6S. The summed E-state index contributed by atoms with van der Waals surface area (Å²) in [7, 11) is -0.340. The van der Waals surface area contributed by atoms with Crippen molar-refractivity contribution in [3.63, 3.8) is 0 Å². The second-order valence-electron chi connectivity index (χ2n) is 9.50. The fourth-order valence-electron chi connectivity index (χ4n) is 4.38. The summed E-state index contributed by atoms with van der Waals surface area (Å²) < 4.78 is 44.9. The number of carbonyl (C=O) groups is 1. The maximum atomic E-state index is 13.6. The third-order valence-corrected chi connectivity index (χ3v) is 7.72. The summed E-state index contributed by atoms with van der Waals surface area (Å²) in [5.74, 6) is 0.764. The quantitative estimate of drug-likeness (QED) is 0.360. The molecule has 2 atom stereocenters. The van der Waals surface area contributed by atoms with Gasteiger partial charge in [-0.25, -0.2) is 13.1 Å². The Morgan fingerprint density at radius 2 is 1.84 bits per heavy atom. The molecule has 204 valence electrons. The zero-order valence-electron chi connectivity index (χ0n) is 22.1. The molecule has 0 aliphatic carbocycles. The van der Waals surface area contributed by atoms with Crippen LogP contribution in [0.1, 0.15) is 36.2 Å². The number of sulfonamides is 1. The lowest BCUT2D eigenvalue weighted by molar-refractivity contribution is 0.0671. The molecule has 10 heteroatoms. The van der Waals surface area contributed by atoms with Gasteiger partial charge in [0, 0.05) is 63.3 Å². The topological polar surface area (TPSA) is 106 Å². The van der Waals surface area contributed by atoms with Gasteiger partial charge in [0.15, 0.2) is 11.5 Å². The zero-order valence-corrected chi connectivity index (χ0v) is 22.9. The molecule has 1 heterocycles. The lowest BCUT2D eigenvalue weighted by Crippen LogP contribution is -2.47. The van der Waals surface area contributed by atoms with Crippen LogP contribution in [0.4, 0.5) is 0 Å². The number of nitrogens with zero attached hydrogens (tertiary/aromatic N) is 1. The maximum absolute atomic E-state index is 13.6. The summed E-state index contributed by atoms with van der Waals surface area (Å²) in [6.07, 6.45) is 0.714. The number of hydrogen-bond donors (Lipinski definition) is 2. The van der Waals surface area contributed by atoms with Crippen LogP contribution in [0.2, 0.25) is 0 Å². The van der Waals surface area contributed by atoms with Crippen molar-refractivity contribution >= 4 is 15.9 Å². The van der Waals surface area contributed by atoms with Crippen molar-refractivity contribution in [2.45, 2.75) is 38.1 Å². The Kier molecular flexibility index (Phi) is 10.7. The van der Waals surface area contributed by atoms with Gasteiger partial charge in [-0.05, 0) is 37.6 Å². The van der Waals surface area contributed by atoms with Crippen LogP contribution in [0.15, 0.2) is 48.5 Å². The van der Waals surface area contributed by atoms with Gasteiger partial charge in [-0.1, -0.05) is 30.3 Å². The summed E-state index contributed by atoms with van der Waals surface area (Å²) in [4.78, 5) is 15.4. The van der Waals surface area contributed by atoms with E-state index in [2.05, 4.69) is 10.0 Å². The van der Waals surface area contributed by atoms with E-state index in [-0.39, 0.29) is 29.7 Å². The van der Waals surface area contributed by atoms with Crippen molar-refractivity contribution in [1.82, 2.24) is 14.9 Å². The highest BCUT2D eigenvalue weighted by Crippen LogP contribution is 2.29. The molecule has 0 bridgehead atoms. The summed E-state index contributed by atoms with van der Waals surface area (Å²) >= 11 is 0. The second-order valence-corrected chi connectivity index (χ2v) is 11.3. The highest BCUT2D eigenvalue weighted by molar-refractivity contribution is 7.88. The average Bonchev–Trinajstić information content (AvgIpc) is 3.30. The van der Waals surface area contributed by atoms with E-state index >= 15 is 0 Å². The molecule has 2 aromatic carbocycles. The Hall–Kier alpha value is -2.66. The number of rotatable bonds is 14. The molecule has 9 nitrogen and oxygen atoms in total. The predicted octanol–water partition coefficient (Wildman–Crippen LogP) is 2.67. The van der Waals surface area contributed by atoms with Gasteiger partial charge in [0.2, 0.25) is 10.0 Å². The van der Waals surface area contributed by atoms with Crippen molar-refractivity contribution < 1.29 is 27.4 Å². The normalized spacial score (nSPS) is 17.6. The molecule has 2 N–H and O–H groups in total. The SMILES string of the molecule is COCCCOc1cc(C(=O)N(C[C@@H]2CNC[C@@H]2NS(=O)(=O)Cc2ccccc2)C(C)C)ccc1OC. The highest BCUT2D eigenvalue weighted by Gasteiger charge is 2.34. The van der Waals surface area contributed by atoms with Crippen LogP contribution >= 0.6 is 0 Å². The van der Waals surface area contributed by atoms with Gasteiger partial charge in [0.05, 0.1) is 19.5 Å². The van der Waals surface area contributed by atoms with Crippen molar-refractivity contribution in [2.75, 3.05) is 47.1 Å². The minimum Gasteiger partial charge on any atom is -0.493 e. The van der Waals surface area contributed by atoms with Gasteiger partial charge in [0.1, 0.15) is 0 Å². The Labute approximate surface area is 220 Å². The first-order valence-corrected chi connectivity index (χ1v) is 14.2. The summed E-state index contributed by atoms with van der Waals surface area (Å²) in [5.41, 5.74) is 1.22. The molecule has 0 radical (unpaired) electrons. The Balaban J connectivity index is 1.70. The van der Waals surface area contributed by atoms with Gasteiger partial charge in [-0.3, -0.25) is 4.79 Å². The van der Waals surface area contributed by atoms with Crippen LogP contribution in [0, 0.1) is 5.92 Å². The molecule has 0 saturated carbocycles. The minimum absolute atomic E-state index is 0.0695. The van der Waals surface area contributed by atoms with E-state index in [1.165, 1.54) is 0 Å². The van der Waals surface area contributed by atoms with Crippen LogP contribution in [0.3, 0.4) is 0 Å². The van der Waals surface area contributed by atoms with Gasteiger partial charge >= 0.3 is 0 Å². The Morgan fingerprint density at radius 1 is 1.08 bits per heavy atom. The Bertz CT molecular complexity index is 1110. The third-order valence-electron chi connectivity index (χ3n) is 6.35. The molecule has 0 unspecified atom stereocenters. The monoisotopic (exact) mass is 533 g/mol. The molecule has 3 rings (SSSR count). The van der Waals surface area contributed by atoms with Crippen molar-refractivity contribution in [3.05, 3.63) is 59.7 Å². The number of carbonyl (C=O) groups excluding carboxylic acids is 1. The smallest absolute Gasteiger partial charge is 0.254 e. The summed E-state index contributed by atoms with van der Waals surface area (Å²) in [6.45, 7) is 6.48. The molecular weight excluding hydrogens is 494 g/mol. The lowest BCUT2D eigenvalue weighted by atomic mass is 10.0. The van der Waals surface area contributed by atoms with Crippen LogP contribution in [-0.2, 0) is 20.5 Å². The summed E-state index contributed by atoms with van der Waals surface area (Å²) in [6, 6.07) is 13.9. The zero-order chi connectivity index (χ0) is 26.8. The molecule has 2 aromatic rings. The molecule has 1 amide bonds. The van der Waals surface area contributed by atoms with Crippen LogP contribution < -0.4 is 19.5 Å². The van der Waals surface area contributed by atoms with Crippen LogP contribution in [-0.4, -0.2) is 78.4 Å². The molecule has 1 aliphatic rings. The standard InChI is InChI=1S/C27H39N3O6S/c1-20(2)30(27(31)22-11-12-25(35-4)26(15-22)36-14-8-13-34-3)18-23-16-28-17-24(23)29-37(32,33)19-21-9-6-5-7-10-21/h5-7,9-12,15,20,23-24,28-29H,8,13-14,16-19H2,1-4H3/t23-,24-/m0/s1. The Morgan fingerprint density at radius 3 is 2.51 bits per heavy atom. The maximum Gasteiger partial charge on any atom is 0.254 e. The number of benzene rings is 2. The van der Waals surface area contributed by atoms with Crippen LogP contribution in [0.25, 0.3) is 0 Å². The predicted molar refractivity (Wildman–Crippen MR) is 144 cm³/mol. The molecule has 37 heavy (non-hydrogen) atoms. The first kappa shape index (κ1) is 28.9. The molecule has 1 aliphatic heterocycles. The van der Waals surface area contributed by atoms with E-state index in [1.54, 1.807) is 49.5 Å². The molecule has 1 fully saturated rings.